The minimum atomic E-state index is -0.376. The molecule has 10 heteroatoms. The molecule has 3 heterocycles. The van der Waals surface area contributed by atoms with E-state index in [-0.39, 0.29) is 16.7 Å². The summed E-state index contributed by atoms with van der Waals surface area (Å²) in [7, 11) is 0. The number of nitrogens with one attached hydrogen (secondary N) is 2. The molecule has 0 saturated carbocycles. The van der Waals surface area contributed by atoms with Crippen LogP contribution in [0.15, 0.2) is 9.95 Å². The fraction of sp³-hybridized carbons (Fsp3) is 0.526. The number of aromatic nitrogens is 4. The van der Waals surface area contributed by atoms with Gasteiger partial charge in [0.15, 0.2) is 5.16 Å². The molecule has 2 atom stereocenters. The van der Waals surface area contributed by atoms with Crippen LogP contribution in [-0.2, 0) is 24.1 Å². The topological polar surface area (TPSA) is 101 Å². The van der Waals surface area contributed by atoms with Crippen LogP contribution in [0.3, 0.4) is 0 Å². The first-order chi connectivity index (χ1) is 14.0. The summed E-state index contributed by atoms with van der Waals surface area (Å²) >= 11 is 4.29. The molecule has 2 N–H and O–H groups in total. The van der Waals surface area contributed by atoms with E-state index >= 15 is 0 Å². The highest BCUT2D eigenvalue weighted by Gasteiger charge is 2.25. The van der Waals surface area contributed by atoms with Crippen LogP contribution in [0.2, 0.25) is 0 Å². The van der Waals surface area contributed by atoms with Gasteiger partial charge in [-0.3, -0.25) is 14.9 Å². The van der Waals surface area contributed by atoms with E-state index in [1.807, 2.05) is 13.8 Å². The molecular formula is C19H23N5O2S3. The Bertz CT molecular complexity index is 1100. The van der Waals surface area contributed by atoms with Gasteiger partial charge in [0.25, 0.3) is 5.56 Å². The molecule has 3 aromatic rings. The predicted molar refractivity (Wildman–Crippen MR) is 119 cm³/mol. The van der Waals surface area contributed by atoms with Crippen molar-refractivity contribution in [2.45, 2.75) is 63.3 Å². The molecule has 0 fully saturated rings. The van der Waals surface area contributed by atoms with Crippen LogP contribution in [0.4, 0.5) is 5.13 Å². The van der Waals surface area contributed by atoms with Crippen molar-refractivity contribution in [3.05, 3.63) is 25.8 Å². The van der Waals surface area contributed by atoms with Gasteiger partial charge in [-0.05, 0) is 43.6 Å². The number of rotatable bonds is 6. The van der Waals surface area contributed by atoms with Crippen LogP contribution < -0.4 is 10.9 Å². The number of fused-ring (bicyclic) bond motifs is 3. The van der Waals surface area contributed by atoms with Gasteiger partial charge in [-0.25, -0.2) is 4.98 Å². The molecule has 154 valence electrons. The second kappa shape index (κ2) is 8.53. The molecule has 1 aliphatic rings. The number of anilines is 1. The fourth-order valence-corrected chi connectivity index (χ4v) is 6.50. The number of aryl methyl sites for hydroxylation is 2. The minimum Gasteiger partial charge on any atom is -0.301 e. The van der Waals surface area contributed by atoms with Crippen molar-refractivity contribution >= 4 is 55.7 Å². The van der Waals surface area contributed by atoms with Crippen molar-refractivity contribution < 1.29 is 4.79 Å². The number of H-pyrrole nitrogens is 1. The number of nitrogens with zero attached hydrogens (tertiary/aromatic N) is 3. The first kappa shape index (κ1) is 20.5. The first-order valence-electron chi connectivity index (χ1n) is 9.82. The monoisotopic (exact) mass is 449 g/mol. The first-order valence-corrected chi connectivity index (χ1v) is 12.3. The van der Waals surface area contributed by atoms with Crippen molar-refractivity contribution in [1.82, 2.24) is 20.2 Å². The van der Waals surface area contributed by atoms with Gasteiger partial charge < -0.3 is 4.98 Å². The Labute approximate surface area is 180 Å². The lowest BCUT2D eigenvalue weighted by molar-refractivity contribution is -0.115. The van der Waals surface area contributed by atoms with E-state index in [9.17, 15) is 9.59 Å². The fourth-order valence-electron chi connectivity index (χ4n) is 3.47. The maximum atomic E-state index is 12.8. The van der Waals surface area contributed by atoms with Crippen molar-refractivity contribution in [2.24, 2.45) is 5.92 Å². The summed E-state index contributed by atoms with van der Waals surface area (Å²) in [6.45, 7) is 6.19. The summed E-state index contributed by atoms with van der Waals surface area (Å²) in [6, 6.07) is 0. The van der Waals surface area contributed by atoms with Gasteiger partial charge in [0.05, 0.1) is 10.6 Å². The van der Waals surface area contributed by atoms with Crippen molar-refractivity contribution in [1.29, 1.82) is 0 Å². The number of thiophene rings is 1. The molecule has 0 aliphatic heterocycles. The third-order valence-electron chi connectivity index (χ3n) is 5.06. The highest BCUT2D eigenvalue weighted by molar-refractivity contribution is 8.00. The molecule has 0 saturated heterocycles. The average Bonchev–Trinajstić information content (AvgIpc) is 3.29. The van der Waals surface area contributed by atoms with E-state index in [0.717, 1.165) is 40.9 Å². The van der Waals surface area contributed by atoms with Crippen LogP contribution in [-0.4, -0.2) is 31.3 Å². The molecule has 1 amide bonds. The molecule has 4 rings (SSSR count). The summed E-state index contributed by atoms with van der Waals surface area (Å²) in [6.07, 6.45) is 4.46. The Kier molecular flexibility index (Phi) is 6.03. The summed E-state index contributed by atoms with van der Waals surface area (Å²) in [5, 5.41) is 13.1. The predicted octanol–water partition coefficient (Wildman–Crippen LogP) is 4.03. The largest absolute Gasteiger partial charge is 0.301 e. The summed E-state index contributed by atoms with van der Waals surface area (Å²) in [4.78, 5) is 35.1. The van der Waals surface area contributed by atoms with Crippen LogP contribution >= 0.6 is 34.4 Å². The smallest absolute Gasteiger partial charge is 0.260 e. The molecule has 29 heavy (non-hydrogen) atoms. The Hall–Kier alpha value is -1.78. The van der Waals surface area contributed by atoms with Gasteiger partial charge in [-0.15, -0.1) is 21.5 Å². The van der Waals surface area contributed by atoms with E-state index in [1.54, 1.807) is 11.3 Å². The Balaban J connectivity index is 1.55. The Morgan fingerprint density at radius 3 is 2.90 bits per heavy atom. The number of carbonyl (C=O) groups is 1. The van der Waals surface area contributed by atoms with E-state index in [4.69, 9.17) is 0 Å². The molecule has 0 spiro atoms. The number of aromatic amines is 1. The van der Waals surface area contributed by atoms with E-state index < -0.39 is 0 Å². The number of amides is 1. The zero-order chi connectivity index (χ0) is 20.5. The van der Waals surface area contributed by atoms with Gasteiger partial charge in [0, 0.05) is 4.88 Å². The highest BCUT2D eigenvalue weighted by Crippen LogP contribution is 2.36. The molecule has 0 aromatic carbocycles. The van der Waals surface area contributed by atoms with Crippen LogP contribution in [0.25, 0.3) is 10.2 Å². The van der Waals surface area contributed by atoms with E-state index in [0.29, 0.717) is 22.6 Å². The lowest BCUT2D eigenvalue weighted by Crippen LogP contribution is -2.25. The van der Waals surface area contributed by atoms with Crippen LogP contribution in [0.1, 0.15) is 49.1 Å². The molecule has 1 aliphatic carbocycles. The summed E-state index contributed by atoms with van der Waals surface area (Å²) in [5.41, 5.74) is 1.07. The molecule has 0 radical (unpaired) electrons. The van der Waals surface area contributed by atoms with E-state index in [2.05, 4.69) is 32.4 Å². The lowest BCUT2D eigenvalue weighted by atomic mass is 9.89. The standard InChI is InChI=1S/C19H23N5O2S3/c1-4-11(15(25)20-19-24-23-13(5-2)29-19)28-18-21-16(26)14-10-7-6-9(3)8-12(10)27-17(14)22-18/h9,11H,4-8H2,1-3H3,(H,20,24,25)(H,21,22,26). The Morgan fingerprint density at radius 2 is 2.17 bits per heavy atom. The quantitative estimate of drug-likeness (QED) is 0.435. The average molecular weight is 450 g/mol. The van der Waals surface area contributed by atoms with Crippen molar-refractivity contribution in [3.8, 4) is 0 Å². The molecule has 0 bridgehead atoms. The zero-order valence-corrected chi connectivity index (χ0v) is 19.0. The Morgan fingerprint density at radius 1 is 1.34 bits per heavy atom. The summed E-state index contributed by atoms with van der Waals surface area (Å²) in [5.74, 6) is 0.489. The number of hydrogen-bond donors (Lipinski definition) is 2. The molecule has 3 aromatic heterocycles. The van der Waals surface area contributed by atoms with Gasteiger partial charge in [-0.1, -0.05) is 43.9 Å². The maximum absolute atomic E-state index is 12.8. The van der Waals surface area contributed by atoms with Gasteiger partial charge in [0.1, 0.15) is 9.84 Å². The van der Waals surface area contributed by atoms with Crippen LogP contribution in [0.5, 0.6) is 0 Å². The number of thioether (sulfide) groups is 1. The van der Waals surface area contributed by atoms with Crippen molar-refractivity contribution in [2.75, 3.05) is 5.32 Å². The SMILES string of the molecule is CCc1nnc(NC(=O)C(CC)Sc2nc3sc4c(c3c(=O)[nH]2)CCC(C)C4)s1. The zero-order valence-electron chi connectivity index (χ0n) is 16.6. The number of hydrogen-bond acceptors (Lipinski definition) is 8. The molecule has 2 unspecified atom stereocenters. The highest BCUT2D eigenvalue weighted by atomic mass is 32.2. The number of carbonyl (C=O) groups excluding carboxylic acids is 1. The van der Waals surface area contributed by atoms with Gasteiger partial charge in [0.2, 0.25) is 11.0 Å². The second-order valence-electron chi connectivity index (χ2n) is 7.26. The van der Waals surface area contributed by atoms with Gasteiger partial charge in [-0.2, -0.15) is 0 Å². The second-order valence-corrected chi connectivity index (χ2v) is 10.6. The molecular weight excluding hydrogens is 426 g/mol. The van der Waals surface area contributed by atoms with Gasteiger partial charge >= 0.3 is 0 Å². The minimum absolute atomic E-state index is 0.100. The third kappa shape index (κ3) is 4.24. The van der Waals surface area contributed by atoms with E-state index in [1.165, 1.54) is 33.5 Å². The molecule has 7 nitrogen and oxygen atoms in total. The maximum Gasteiger partial charge on any atom is 0.260 e. The van der Waals surface area contributed by atoms with Crippen molar-refractivity contribution in [3.63, 3.8) is 0 Å². The normalized spacial score (nSPS) is 17.3. The lowest BCUT2D eigenvalue weighted by Gasteiger charge is -2.17. The summed E-state index contributed by atoms with van der Waals surface area (Å²) < 4.78 is 0. The third-order valence-corrected chi connectivity index (χ3v) is 8.44. The van der Waals surface area contributed by atoms with Crippen LogP contribution in [0, 0.1) is 5.92 Å².